The van der Waals surface area contributed by atoms with E-state index in [1.165, 1.54) is 0 Å². The minimum atomic E-state index is -4.33. The fraction of sp³-hybridized carbons (Fsp3) is 0.0476. The van der Waals surface area contributed by atoms with E-state index < -0.39 is 19.8 Å². The van der Waals surface area contributed by atoms with Gasteiger partial charge in [-0.05, 0) is 22.4 Å². The smallest absolute Gasteiger partial charge is 0.339 e. The Morgan fingerprint density at radius 1 is 0.857 bits per heavy atom. The number of benzene rings is 3. The van der Waals surface area contributed by atoms with Gasteiger partial charge in [-0.3, -0.25) is 9.36 Å². The number of rotatable bonds is 4. The number of fused-ring (bicyclic) bond motifs is 2. The van der Waals surface area contributed by atoms with Gasteiger partial charge >= 0.3 is 7.60 Å². The maximum Gasteiger partial charge on any atom is 0.344 e. The maximum atomic E-state index is 12.3. The van der Waals surface area contributed by atoms with E-state index in [0.717, 1.165) is 27.3 Å². The molecule has 1 amide bonds. The zero-order valence-corrected chi connectivity index (χ0v) is 15.6. The Hall–Kier alpha value is -3.05. The Morgan fingerprint density at radius 3 is 2.32 bits per heavy atom. The molecule has 0 spiro atoms. The number of pyridine rings is 1. The van der Waals surface area contributed by atoms with Gasteiger partial charge in [0.1, 0.15) is 12.0 Å². The third-order valence-electron chi connectivity index (χ3n) is 4.48. The van der Waals surface area contributed by atoms with Crippen LogP contribution in [0.1, 0.15) is 10.5 Å². The van der Waals surface area contributed by atoms with E-state index in [9.17, 15) is 9.36 Å². The molecule has 140 valence electrons. The molecular weight excluding hydrogens is 375 g/mol. The van der Waals surface area contributed by atoms with Crippen LogP contribution in [0.3, 0.4) is 0 Å². The lowest BCUT2D eigenvalue weighted by molar-refractivity contribution is 0.0952. The van der Waals surface area contributed by atoms with E-state index in [1.807, 2.05) is 60.7 Å². The van der Waals surface area contributed by atoms with Crippen molar-refractivity contribution in [1.82, 2.24) is 10.3 Å². The summed E-state index contributed by atoms with van der Waals surface area (Å²) in [5.74, 6) is -0.627. The van der Waals surface area contributed by atoms with E-state index in [1.54, 1.807) is 12.1 Å². The van der Waals surface area contributed by atoms with Crippen LogP contribution < -0.4 is 5.32 Å². The number of nitrogens with one attached hydrogen (secondary N) is 1. The van der Waals surface area contributed by atoms with Gasteiger partial charge in [-0.1, -0.05) is 66.7 Å². The van der Waals surface area contributed by atoms with Gasteiger partial charge in [0, 0.05) is 10.9 Å². The van der Waals surface area contributed by atoms with E-state index >= 15 is 0 Å². The molecule has 0 unspecified atom stereocenters. The van der Waals surface area contributed by atoms with Crippen LogP contribution >= 0.6 is 7.60 Å². The molecule has 1 aromatic heterocycles. The first-order chi connectivity index (χ1) is 13.4. The SMILES string of the molecule is O=C(NCP(=O)(O)O)c1ccc2cccc(-c3cccc4ccccc34)c2n1. The maximum absolute atomic E-state index is 12.3. The van der Waals surface area contributed by atoms with Crippen molar-refractivity contribution in [3.8, 4) is 11.1 Å². The van der Waals surface area contributed by atoms with Gasteiger partial charge in [0.15, 0.2) is 0 Å². The zero-order valence-electron chi connectivity index (χ0n) is 14.7. The molecule has 0 fully saturated rings. The molecular formula is C21H17N2O4P. The summed E-state index contributed by atoms with van der Waals surface area (Å²) in [6.45, 7) is 0. The molecule has 0 aliphatic heterocycles. The largest absolute Gasteiger partial charge is 0.344 e. The normalized spacial score (nSPS) is 11.6. The van der Waals surface area contributed by atoms with Crippen LogP contribution in [-0.2, 0) is 4.57 Å². The highest BCUT2D eigenvalue weighted by Gasteiger charge is 2.17. The quantitative estimate of drug-likeness (QED) is 0.457. The van der Waals surface area contributed by atoms with Gasteiger partial charge in [-0.15, -0.1) is 0 Å². The van der Waals surface area contributed by atoms with Crippen molar-refractivity contribution in [2.45, 2.75) is 0 Å². The molecule has 0 radical (unpaired) electrons. The molecule has 7 heteroatoms. The van der Waals surface area contributed by atoms with E-state index in [2.05, 4.69) is 10.3 Å². The number of para-hydroxylation sites is 1. The van der Waals surface area contributed by atoms with Crippen LogP contribution in [0.25, 0.3) is 32.8 Å². The second kappa shape index (κ2) is 7.17. The second-order valence-electron chi connectivity index (χ2n) is 6.43. The summed E-state index contributed by atoms with van der Waals surface area (Å²) < 4.78 is 11.0. The molecule has 6 nitrogen and oxygen atoms in total. The van der Waals surface area contributed by atoms with Gasteiger partial charge in [0.05, 0.1) is 5.52 Å². The highest BCUT2D eigenvalue weighted by molar-refractivity contribution is 7.51. The zero-order chi connectivity index (χ0) is 19.7. The van der Waals surface area contributed by atoms with Crippen LogP contribution in [0, 0.1) is 0 Å². The fourth-order valence-corrected chi connectivity index (χ4v) is 3.57. The van der Waals surface area contributed by atoms with Crippen LogP contribution in [0.2, 0.25) is 0 Å². The Labute approximate surface area is 161 Å². The molecule has 0 aliphatic carbocycles. The number of aromatic nitrogens is 1. The summed E-state index contributed by atoms with van der Waals surface area (Å²) in [5.41, 5.74) is 2.65. The Kier molecular flexibility index (Phi) is 4.69. The Bertz CT molecular complexity index is 1240. The van der Waals surface area contributed by atoms with Crippen molar-refractivity contribution in [2.75, 3.05) is 6.29 Å². The van der Waals surface area contributed by atoms with Gasteiger partial charge in [0.2, 0.25) is 0 Å². The van der Waals surface area contributed by atoms with Gasteiger partial charge in [-0.2, -0.15) is 0 Å². The Balaban J connectivity index is 1.83. The monoisotopic (exact) mass is 392 g/mol. The molecule has 0 aliphatic rings. The van der Waals surface area contributed by atoms with E-state index in [0.29, 0.717) is 5.52 Å². The molecule has 4 aromatic rings. The van der Waals surface area contributed by atoms with Crippen molar-refractivity contribution in [3.05, 3.63) is 78.5 Å². The van der Waals surface area contributed by atoms with Crippen LogP contribution in [0.5, 0.6) is 0 Å². The summed E-state index contributed by atoms with van der Waals surface area (Å²) in [7, 11) is -4.33. The highest BCUT2D eigenvalue weighted by atomic mass is 31.2. The van der Waals surface area contributed by atoms with Gasteiger partial charge < -0.3 is 15.1 Å². The second-order valence-corrected chi connectivity index (χ2v) is 8.07. The average molecular weight is 392 g/mol. The Morgan fingerprint density at radius 2 is 1.54 bits per heavy atom. The lowest BCUT2D eigenvalue weighted by Gasteiger charge is -2.11. The number of amides is 1. The predicted octanol–water partition coefficient (Wildman–Crippen LogP) is 3.92. The van der Waals surface area contributed by atoms with Gasteiger partial charge in [0.25, 0.3) is 5.91 Å². The lowest BCUT2D eigenvalue weighted by Crippen LogP contribution is -2.25. The molecule has 0 saturated carbocycles. The number of hydrogen-bond acceptors (Lipinski definition) is 3. The molecule has 0 bridgehead atoms. The summed E-state index contributed by atoms with van der Waals surface area (Å²) in [4.78, 5) is 34.7. The first-order valence-electron chi connectivity index (χ1n) is 8.63. The minimum absolute atomic E-state index is 0.105. The third-order valence-corrected chi connectivity index (χ3v) is 5.05. The first-order valence-corrected chi connectivity index (χ1v) is 10.4. The minimum Gasteiger partial charge on any atom is -0.339 e. The lowest BCUT2D eigenvalue weighted by atomic mass is 9.96. The van der Waals surface area contributed by atoms with Crippen molar-refractivity contribution >= 4 is 35.2 Å². The average Bonchev–Trinajstić information content (AvgIpc) is 2.70. The molecule has 4 rings (SSSR count). The first kappa shape index (κ1) is 18.3. The van der Waals surface area contributed by atoms with Crippen LogP contribution in [0.4, 0.5) is 0 Å². The predicted molar refractivity (Wildman–Crippen MR) is 109 cm³/mol. The topological polar surface area (TPSA) is 99.5 Å². The van der Waals surface area contributed by atoms with E-state index in [4.69, 9.17) is 9.79 Å². The number of hydrogen-bond donors (Lipinski definition) is 3. The molecule has 0 atom stereocenters. The van der Waals surface area contributed by atoms with Gasteiger partial charge in [-0.25, -0.2) is 4.98 Å². The molecule has 3 N–H and O–H groups in total. The summed E-state index contributed by atoms with van der Waals surface area (Å²) in [5, 5.41) is 5.28. The summed E-state index contributed by atoms with van der Waals surface area (Å²) in [6.07, 6.45) is -0.726. The van der Waals surface area contributed by atoms with Crippen molar-refractivity contribution in [3.63, 3.8) is 0 Å². The number of nitrogens with zero attached hydrogens (tertiary/aromatic N) is 1. The molecule has 1 heterocycles. The molecule has 0 saturated heterocycles. The number of carbonyl (C=O) groups is 1. The van der Waals surface area contributed by atoms with Crippen molar-refractivity contribution in [1.29, 1.82) is 0 Å². The van der Waals surface area contributed by atoms with Crippen molar-refractivity contribution in [2.24, 2.45) is 0 Å². The number of carbonyl (C=O) groups excluding carboxylic acids is 1. The molecule has 28 heavy (non-hydrogen) atoms. The standard InChI is InChI=1S/C21H17N2O4P/c24-21(22-13-28(25,26)27)19-12-11-15-7-4-10-18(20(15)23-19)17-9-3-6-14-5-1-2-8-16(14)17/h1-12H,13H2,(H,22,24)(H2,25,26,27). The van der Waals surface area contributed by atoms with Crippen molar-refractivity contribution < 1.29 is 19.1 Å². The van der Waals surface area contributed by atoms with E-state index in [-0.39, 0.29) is 5.69 Å². The fourth-order valence-electron chi connectivity index (χ4n) is 3.22. The highest BCUT2D eigenvalue weighted by Crippen LogP contribution is 2.34. The molecule has 3 aromatic carbocycles. The summed E-state index contributed by atoms with van der Waals surface area (Å²) >= 11 is 0. The summed E-state index contributed by atoms with van der Waals surface area (Å²) in [6, 6.07) is 23.2. The van der Waals surface area contributed by atoms with Crippen LogP contribution in [-0.4, -0.2) is 27.0 Å². The van der Waals surface area contributed by atoms with Crippen LogP contribution in [0.15, 0.2) is 72.8 Å². The third kappa shape index (κ3) is 3.66.